The summed E-state index contributed by atoms with van der Waals surface area (Å²) in [6.45, 7) is 0.190. The number of hydrogen-bond donors (Lipinski definition) is 1. The zero-order valence-electron chi connectivity index (χ0n) is 17.3. The highest BCUT2D eigenvalue weighted by Crippen LogP contribution is 2.08. The SMILES string of the molecule is O=C(Cn1c(=O)n(CCc2ccccc2)c(=O)c2ccccc21)NCc1ccc(F)cc1. The van der Waals surface area contributed by atoms with Crippen molar-refractivity contribution in [3.05, 3.63) is 117 Å². The predicted molar refractivity (Wildman–Crippen MR) is 121 cm³/mol. The van der Waals surface area contributed by atoms with Crippen LogP contribution in [0.25, 0.3) is 10.9 Å². The Labute approximate surface area is 183 Å². The van der Waals surface area contributed by atoms with Gasteiger partial charge in [-0.25, -0.2) is 9.18 Å². The van der Waals surface area contributed by atoms with Crippen LogP contribution in [0.1, 0.15) is 11.1 Å². The zero-order chi connectivity index (χ0) is 22.5. The molecular formula is C25H22FN3O3. The van der Waals surface area contributed by atoms with Gasteiger partial charge in [0.2, 0.25) is 5.91 Å². The topological polar surface area (TPSA) is 73.1 Å². The van der Waals surface area contributed by atoms with Crippen molar-refractivity contribution in [3.8, 4) is 0 Å². The van der Waals surface area contributed by atoms with Crippen LogP contribution in [0.2, 0.25) is 0 Å². The van der Waals surface area contributed by atoms with Crippen molar-refractivity contribution in [2.45, 2.75) is 26.1 Å². The Bertz CT molecular complexity index is 1360. The van der Waals surface area contributed by atoms with E-state index in [9.17, 15) is 18.8 Å². The van der Waals surface area contributed by atoms with Crippen LogP contribution >= 0.6 is 0 Å². The lowest BCUT2D eigenvalue weighted by molar-refractivity contribution is -0.121. The van der Waals surface area contributed by atoms with E-state index in [-0.39, 0.29) is 36.9 Å². The molecule has 1 heterocycles. The molecule has 0 saturated carbocycles. The van der Waals surface area contributed by atoms with Crippen LogP contribution in [0.3, 0.4) is 0 Å². The molecule has 1 amide bonds. The second-order valence-electron chi connectivity index (χ2n) is 7.48. The first-order valence-corrected chi connectivity index (χ1v) is 10.3. The van der Waals surface area contributed by atoms with Crippen LogP contribution in [-0.4, -0.2) is 15.0 Å². The summed E-state index contributed by atoms with van der Waals surface area (Å²) in [5.41, 5.74) is 1.27. The number of fused-ring (bicyclic) bond motifs is 1. The standard InChI is InChI=1S/C25H22FN3O3/c26-20-12-10-19(11-13-20)16-27-23(30)17-29-22-9-5-4-8-21(22)24(31)28(25(29)32)15-14-18-6-2-1-3-7-18/h1-13H,14-17H2,(H,27,30). The van der Waals surface area contributed by atoms with E-state index in [1.165, 1.54) is 21.3 Å². The third kappa shape index (κ3) is 4.67. The fourth-order valence-corrected chi connectivity index (χ4v) is 3.61. The largest absolute Gasteiger partial charge is 0.350 e. The number of nitrogens with one attached hydrogen (secondary N) is 1. The molecule has 32 heavy (non-hydrogen) atoms. The summed E-state index contributed by atoms with van der Waals surface area (Å²) >= 11 is 0. The monoisotopic (exact) mass is 431 g/mol. The minimum absolute atomic E-state index is 0.208. The van der Waals surface area contributed by atoms with Gasteiger partial charge in [0.25, 0.3) is 5.56 Å². The lowest BCUT2D eigenvalue weighted by atomic mass is 10.1. The number of carbonyl (C=O) groups is 1. The van der Waals surface area contributed by atoms with Crippen molar-refractivity contribution in [1.29, 1.82) is 0 Å². The Kier molecular flexibility index (Phi) is 6.26. The second-order valence-corrected chi connectivity index (χ2v) is 7.48. The van der Waals surface area contributed by atoms with Gasteiger partial charge in [-0.1, -0.05) is 54.6 Å². The van der Waals surface area contributed by atoms with Gasteiger partial charge in [0.05, 0.1) is 10.9 Å². The molecule has 7 heteroatoms. The lowest BCUT2D eigenvalue weighted by Gasteiger charge is -2.14. The predicted octanol–water partition coefficient (Wildman–Crippen LogP) is 2.86. The number of amides is 1. The molecule has 0 aliphatic heterocycles. The molecule has 0 aliphatic rings. The molecule has 1 aromatic heterocycles. The maximum absolute atomic E-state index is 13.2. The van der Waals surface area contributed by atoms with Crippen LogP contribution in [0.15, 0.2) is 88.5 Å². The number of hydrogen-bond acceptors (Lipinski definition) is 3. The highest BCUT2D eigenvalue weighted by Gasteiger charge is 2.15. The van der Waals surface area contributed by atoms with Crippen LogP contribution < -0.4 is 16.6 Å². The molecule has 0 radical (unpaired) electrons. The van der Waals surface area contributed by atoms with Crippen LogP contribution in [0.4, 0.5) is 4.39 Å². The molecule has 6 nitrogen and oxygen atoms in total. The number of aryl methyl sites for hydroxylation is 1. The van der Waals surface area contributed by atoms with E-state index < -0.39 is 5.69 Å². The van der Waals surface area contributed by atoms with Crippen molar-refractivity contribution < 1.29 is 9.18 Å². The van der Waals surface area contributed by atoms with E-state index in [1.54, 1.807) is 36.4 Å². The molecular weight excluding hydrogens is 409 g/mol. The Morgan fingerprint density at radius 3 is 2.25 bits per heavy atom. The Balaban J connectivity index is 1.61. The summed E-state index contributed by atoms with van der Waals surface area (Å²) in [5.74, 6) is -0.731. The lowest BCUT2D eigenvalue weighted by Crippen LogP contribution is -2.42. The van der Waals surface area contributed by atoms with Gasteiger partial charge < -0.3 is 5.32 Å². The van der Waals surface area contributed by atoms with Gasteiger partial charge >= 0.3 is 5.69 Å². The average Bonchev–Trinajstić information content (AvgIpc) is 2.82. The van der Waals surface area contributed by atoms with Crippen LogP contribution in [0.5, 0.6) is 0 Å². The van der Waals surface area contributed by atoms with Crippen molar-refractivity contribution >= 4 is 16.8 Å². The first kappa shape index (κ1) is 21.2. The summed E-state index contributed by atoms with van der Waals surface area (Å²) in [6.07, 6.45) is 0.519. The molecule has 0 spiro atoms. The summed E-state index contributed by atoms with van der Waals surface area (Å²) in [6, 6.07) is 22.2. The maximum atomic E-state index is 13.2. The molecule has 0 bridgehead atoms. The smallest absolute Gasteiger partial charge is 0.331 e. The summed E-state index contributed by atoms with van der Waals surface area (Å²) in [5, 5.41) is 3.12. The van der Waals surface area contributed by atoms with Crippen molar-refractivity contribution in [1.82, 2.24) is 14.5 Å². The number of carbonyl (C=O) groups excluding carboxylic acids is 1. The van der Waals surface area contributed by atoms with Gasteiger partial charge in [0.15, 0.2) is 0 Å². The second kappa shape index (κ2) is 9.43. The number of para-hydroxylation sites is 1. The first-order chi connectivity index (χ1) is 15.5. The van der Waals surface area contributed by atoms with E-state index in [2.05, 4.69) is 5.32 Å². The highest BCUT2D eigenvalue weighted by molar-refractivity contribution is 5.81. The average molecular weight is 431 g/mol. The molecule has 0 aliphatic carbocycles. The summed E-state index contributed by atoms with van der Waals surface area (Å²) in [4.78, 5) is 38.7. The van der Waals surface area contributed by atoms with Crippen LogP contribution in [0, 0.1) is 5.82 Å². The van der Waals surface area contributed by atoms with E-state index >= 15 is 0 Å². The Morgan fingerprint density at radius 2 is 1.50 bits per heavy atom. The first-order valence-electron chi connectivity index (χ1n) is 10.3. The molecule has 4 rings (SSSR count). The van der Waals surface area contributed by atoms with Crippen molar-refractivity contribution in [2.24, 2.45) is 0 Å². The Morgan fingerprint density at radius 1 is 0.812 bits per heavy atom. The van der Waals surface area contributed by atoms with E-state index in [1.807, 2.05) is 30.3 Å². The number of aromatic nitrogens is 2. The molecule has 4 aromatic rings. The van der Waals surface area contributed by atoms with Gasteiger partial charge in [-0.05, 0) is 41.8 Å². The van der Waals surface area contributed by atoms with E-state index in [0.29, 0.717) is 17.3 Å². The fourth-order valence-electron chi connectivity index (χ4n) is 3.61. The van der Waals surface area contributed by atoms with Gasteiger partial charge in [-0.2, -0.15) is 0 Å². The summed E-state index contributed by atoms with van der Waals surface area (Å²) < 4.78 is 15.6. The molecule has 0 atom stereocenters. The quantitative estimate of drug-likeness (QED) is 0.489. The number of nitrogens with zero attached hydrogens (tertiary/aromatic N) is 2. The molecule has 3 aromatic carbocycles. The minimum Gasteiger partial charge on any atom is -0.350 e. The minimum atomic E-state index is -0.526. The highest BCUT2D eigenvalue weighted by atomic mass is 19.1. The van der Waals surface area contributed by atoms with Crippen molar-refractivity contribution in [2.75, 3.05) is 0 Å². The molecule has 162 valence electrons. The zero-order valence-corrected chi connectivity index (χ0v) is 17.3. The van der Waals surface area contributed by atoms with Gasteiger partial charge in [-0.3, -0.25) is 18.7 Å². The molecule has 0 saturated heterocycles. The van der Waals surface area contributed by atoms with E-state index in [4.69, 9.17) is 0 Å². The van der Waals surface area contributed by atoms with Gasteiger partial charge in [0.1, 0.15) is 12.4 Å². The van der Waals surface area contributed by atoms with Crippen LogP contribution in [-0.2, 0) is 30.8 Å². The molecule has 0 unspecified atom stereocenters. The number of rotatable bonds is 7. The van der Waals surface area contributed by atoms with Gasteiger partial charge in [0, 0.05) is 13.1 Å². The van der Waals surface area contributed by atoms with Gasteiger partial charge in [-0.15, -0.1) is 0 Å². The third-order valence-electron chi connectivity index (χ3n) is 5.30. The number of halogens is 1. The fraction of sp³-hybridized carbons (Fsp3) is 0.160. The third-order valence-corrected chi connectivity index (χ3v) is 5.30. The van der Waals surface area contributed by atoms with Crippen molar-refractivity contribution in [3.63, 3.8) is 0 Å². The molecule has 1 N–H and O–H groups in total. The number of benzene rings is 3. The van der Waals surface area contributed by atoms with E-state index in [0.717, 1.165) is 11.1 Å². The maximum Gasteiger partial charge on any atom is 0.331 e. The molecule has 0 fully saturated rings. The normalized spacial score (nSPS) is 10.9. The Hall–Kier alpha value is -4.00. The summed E-state index contributed by atoms with van der Waals surface area (Å²) in [7, 11) is 0.